The van der Waals surface area contributed by atoms with Crippen LogP contribution in [0.5, 0.6) is 0 Å². The van der Waals surface area contributed by atoms with Crippen LogP contribution in [0.1, 0.15) is 84.6 Å². The average molecular weight is 655 g/mol. The number of rotatable bonds is 11. The maximum Gasteiger partial charge on any atom is 1.00 e. The zero-order chi connectivity index (χ0) is 34.0. The summed E-state index contributed by atoms with van der Waals surface area (Å²) in [4.78, 5) is 43.6. The topological polar surface area (TPSA) is 130 Å². The van der Waals surface area contributed by atoms with Crippen molar-refractivity contribution in [2.75, 3.05) is 27.2 Å². The number of hydrogen-bond donors (Lipinski definition) is 3. The van der Waals surface area contributed by atoms with Crippen molar-refractivity contribution in [3.8, 4) is 0 Å². The van der Waals surface area contributed by atoms with E-state index in [-0.39, 0.29) is 48.3 Å². The number of allylic oxidation sites excluding steroid dienone is 4. The molecule has 0 saturated carbocycles. The van der Waals surface area contributed by atoms with Gasteiger partial charge >= 0.3 is 29.6 Å². The standard InChI is InChI=1S/C38H44N6O3.Na/c1-9-25-21(3)29-17-30-24(6)28(12-14-38(46)47)36(42-30)20-35-27(11-13-37(45)39-15-16-44(7)8)23(5)32(43-35)19-34-26(10-2)22(4)31(41-34)18-33(25)40-29;/h9-10,17-20,40-41H,1-2,11-16H2,3-8H3,(H,39,45)(H,46,47);/q;+1/p-1. The first-order valence-corrected chi connectivity index (χ1v) is 15.9. The molecule has 0 unspecified atom stereocenters. The summed E-state index contributed by atoms with van der Waals surface area (Å²) in [6, 6.07) is 8.05. The fraction of sp³-hybridized carbons (Fsp3) is 0.316. The van der Waals surface area contributed by atoms with Gasteiger partial charge < -0.3 is 30.1 Å². The van der Waals surface area contributed by atoms with Gasteiger partial charge in [-0.2, -0.15) is 0 Å². The van der Waals surface area contributed by atoms with Crippen LogP contribution in [0, 0.1) is 13.8 Å². The minimum atomic E-state index is -1.12. The predicted molar refractivity (Wildman–Crippen MR) is 191 cm³/mol. The minimum Gasteiger partial charge on any atom is -0.550 e. The van der Waals surface area contributed by atoms with E-state index >= 15 is 0 Å². The largest absolute Gasteiger partial charge is 1.00 e. The number of aliphatic carboxylic acids is 1. The molecular formula is C38H43N6NaO3. The van der Waals surface area contributed by atoms with Crippen molar-refractivity contribution in [2.45, 2.75) is 53.4 Å². The summed E-state index contributed by atoms with van der Waals surface area (Å²) in [5.41, 5.74) is 14.2. The molecule has 3 aromatic rings. The van der Waals surface area contributed by atoms with Crippen LogP contribution in [0.3, 0.4) is 0 Å². The van der Waals surface area contributed by atoms with E-state index in [2.05, 4.69) is 41.4 Å². The third kappa shape index (κ3) is 7.65. The average Bonchev–Trinajstić information content (AvgIpc) is 3.67. The SMILES string of the molecule is C=Cc1c(C)c2cc3[nH]c(cc4nc(cc5nc(cc1[nH]2)C(C)=C5CCC(=O)NCCN(C)C)C(CCC(=O)[O-])=C4C)c(C)c3C=C.[Na+]. The first-order valence-electron chi connectivity index (χ1n) is 15.9. The third-order valence-corrected chi connectivity index (χ3v) is 9.10. The van der Waals surface area contributed by atoms with Crippen LogP contribution in [0.15, 0.2) is 37.4 Å². The molecule has 5 rings (SSSR count). The van der Waals surface area contributed by atoms with Gasteiger partial charge in [0.15, 0.2) is 0 Å². The Balaban J connectivity index is 0.00000520. The number of carboxylic acids is 1. The van der Waals surface area contributed by atoms with Crippen LogP contribution in [0.4, 0.5) is 0 Å². The van der Waals surface area contributed by atoms with E-state index < -0.39 is 5.97 Å². The van der Waals surface area contributed by atoms with Gasteiger partial charge in [0, 0.05) is 58.7 Å². The summed E-state index contributed by atoms with van der Waals surface area (Å²) in [7, 11) is 3.94. The molecule has 9 nitrogen and oxygen atoms in total. The number of carbonyl (C=O) groups excluding carboxylic acids is 2. The molecule has 3 aromatic heterocycles. The summed E-state index contributed by atoms with van der Waals surface area (Å²) < 4.78 is 0. The number of nitrogens with one attached hydrogen (secondary N) is 3. The quantitative estimate of drug-likeness (QED) is 0.273. The predicted octanol–water partition coefficient (Wildman–Crippen LogP) is 3.07. The van der Waals surface area contributed by atoms with Gasteiger partial charge in [-0.05, 0) is 119 Å². The van der Waals surface area contributed by atoms with Gasteiger partial charge in [0.1, 0.15) is 0 Å². The van der Waals surface area contributed by atoms with Crippen LogP contribution in [-0.4, -0.2) is 63.9 Å². The fourth-order valence-electron chi connectivity index (χ4n) is 6.28. The normalized spacial score (nSPS) is 12.7. The molecule has 48 heavy (non-hydrogen) atoms. The third-order valence-electron chi connectivity index (χ3n) is 9.10. The van der Waals surface area contributed by atoms with E-state index in [0.29, 0.717) is 30.8 Å². The van der Waals surface area contributed by atoms with Gasteiger partial charge in [-0.3, -0.25) is 4.79 Å². The molecule has 0 radical (unpaired) electrons. The first-order chi connectivity index (χ1) is 22.4. The van der Waals surface area contributed by atoms with Crippen molar-refractivity contribution in [2.24, 2.45) is 0 Å². The summed E-state index contributed by atoms with van der Waals surface area (Å²) in [6.07, 6.45) is 4.65. The number of carboxylic acid groups (broad SMARTS) is 1. The van der Waals surface area contributed by atoms with Crippen LogP contribution < -0.4 is 40.0 Å². The first kappa shape index (κ1) is 36.8. The van der Waals surface area contributed by atoms with Crippen molar-refractivity contribution in [1.29, 1.82) is 0 Å². The molecule has 0 atom stereocenters. The molecule has 5 heterocycles. The number of carbonyl (C=O) groups is 2. The van der Waals surface area contributed by atoms with E-state index in [4.69, 9.17) is 9.97 Å². The molecule has 0 saturated heterocycles. The van der Waals surface area contributed by atoms with Crippen LogP contribution in [-0.2, 0) is 9.59 Å². The number of fused-ring (bicyclic) bond motifs is 8. The van der Waals surface area contributed by atoms with Gasteiger partial charge in [0.25, 0.3) is 0 Å². The number of aromatic nitrogens is 4. The molecule has 3 N–H and O–H groups in total. The second-order valence-electron chi connectivity index (χ2n) is 12.5. The number of hydrogen-bond acceptors (Lipinski definition) is 6. The Hall–Kier alpha value is -4.02. The number of aromatic amines is 2. The Kier molecular flexibility index (Phi) is 11.9. The molecule has 2 aliphatic rings. The molecule has 10 heteroatoms. The maximum absolute atomic E-state index is 12.8. The number of nitrogens with zero attached hydrogens (tertiary/aromatic N) is 3. The maximum atomic E-state index is 12.8. The molecule has 244 valence electrons. The van der Waals surface area contributed by atoms with Gasteiger partial charge in [0.05, 0.1) is 22.8 Å². The zero-order valence-corrected chi connectivity index (χ0v) is 31.2. The Morgan fingerprint density at radius 1 is 0.771 bits per heavy atom. The molecule has 8 bridgehead atoms. The Labute approximate surface area is 304 Å². The van der Waals surface area contributed by atoms with Gasteiger partial charge in [0.2, 0.25) is 5.91 Å². The summed E-state index contributed by atoms with van der Waals surface area (Å²) >= 11 is 0. The van der Waals surface area contributed by atoms with E-state index in [0.717, 1.165) is 84.5 Å². The van der Waals surface area contributed by atoms with Crippen molar-refractivity contribution in [3.05, 3.63) is 82.5 Å². The van der Waals surface area contributed by atoms with Crippen molar-refractivity contribution in [1.82, 2.24) is 30.2 Å². The van der Waals surface area contributed by atoms with E-state index in [1.54, 1.807) is 0 Å². The fourth-order valence-corrected chi connectivity index (χ4v) is 6.28. The Morgan fingerprint density at radius 3 is 1.75 bits per heavy atom. The molecule has 0 spiro atoms. The molecule has 0 fully saturated rings. The number of likely N-dealkylation sites (N-methyl/N-ethyl adjacent to an activating group) is 1. The van der Waals surface area contributed by atoms with Crippen LogP contribution in [0.25, 0.3) is 56.5 Å². The van der Waals surface area contributed by atoms with Crippen LogP contribution in [0.2, 0.25) is 0 Å². The van der Waals surface area contributed by atoms with E-state index in [9.17, 15) is 14.7 Å². The van der Waals surface area contributed by atoms with E-state index in [1.165, 1.54) is 0 Å². The number of H-pyrrole nitrogens is 2. The monoisotopic (exact) mass is 654 g/mol. The van der Waals surface area contributed by atoms with Crippen LogP contribution >= 0.6 is 0 Å². The molecule has 1 amide bonds. The molecule has 0 aliphatic carbocycles. The Bertz CT molecular complexity index is 2030. The summed E-state index contributed by atoms with van der Waals surface area (Å²) in [5, 5.41) is 14.5. The smallest absolute Gasteiger partial charge is 0.550 e. The molecule has 2 aliphatic heterocycles. The van der Waals surface area contributed by atoms with E-state index in [1.807, 2.05) is 70.1 Å². The van der Waals surface area contributed by atoms with Crippen molar-refractivity contribution >= 4 is 68.4 Å². The number of aryl methyl sites for hydroxylation is 2. The van der Waals surface area contributed by atoms with Gasteiger partial charge in [-0.25, -0.2) is 9.97 Å². The summed E-state index contributed by atoms with van der Waals surface area (Å²) in [5.74, 6) is -1.14. The number of amides is 1. The second kappa shape index (κ2) is 15.5. The molecular weight excluding hydrogens is 611 g/mol. The second-order valence-corrected chi connectivity index (χ2v) is 12.5. The van der Waals surface area contributed by atoms with Gasteiger partial charge in [-0.15, -0.1) is 0 Å². The summed E-state index contributed by atoms with van der Waals surface area (Å²) in [6.45, 7) is 17.6. The van der Waals surface area contributed by atoms with Crippen molar-refractivity contribution in [3.63, 3.8) is 0 Å². The Morgan fingerprint density at radius 2 is 1.25 bits per heavy atom. The van der Waals surface area contributed by atoms with Gasteiger partial charge in [-0.1, -0.05) is 25.3 Å². The van der Waals surface area contributed by atoms with Crippen molar-refractivity contribution < 1.29 is 44.3 Å². The zero-order valence-electron chi connectivity index (χ0n) is 29.2. The molecule has 0 aromatic carbocycles. The minimum absolute atomic E-state index is 0.